The highest BCUT2D eigenvalue weighted by Gasteiger charge is 2.58. The van der Waals surface area contributed by atoms with E-state index in [9.17, 15) is 9.59 Å². The Morgan fingerprint density at radius 1 is 1.04 bits per heavy atom. The summed E-state index contributed by atoms with van der Waals surface area (Å²) in [6.45, 7) is 3.51. The number of piperidine rings is 1. The molecule has 0 aromatic heterocycles. The molecule has 0 spiro atoms. The van der Waals surface area contributed by atoms with Crippen LogP contribution in [0, 0.1) is 18.3 Å². The first-order chi connectivity index (χ1) is 13.6. The van der Waals surface area contributed by atoms with E-state index in [1.807, 2.05) is 42.2 Å². The predicted molar refractivity (Wildman–Crippen MR) is 111 cm³/mol. The Hall–Kier alpha value is -2.62. The highest BCUT2D eigenvalue weighted by atomic mass is 16.2. The summed E-state index contributed by atoms with van der Waals surface area (Å²) in [6, 6.07) is 18.3. The zero-order valence-electron chi connectivity index (χ0n) is 16.5. The quantitative estimate of drug-likeness (QED) is 0.795. The molecule has 28 heavy (non-hydrogen) atoms. The van der Waals surface area contributed by atoms with Crippen molar-refractivity contribution in [1.29, 1.82) is 0 Å². The van der Waals surface area contributed by atoms with Gasteiger partial charge in [0.05, 0.1) is 0 Å². The van der Waals surface area contributed by atoms with Crippen molar-refractivity contribution in [2.24, 2.45) is 11.3 Å². The molecular formula is C24H28N2O2. The summed E-state index contributed by atoms with van der Waals surface area (Å²) in [4.78, 5) is 27.9. The number of benzene rings is 2. The van der Waals surface area contributed by atoms with Crippen molar-refractivity contribution < 1.29 is 9.59 Å². The molecule has 0 unspecified atom stereocenters. The van der Waals surface area contributed by atoms with E-state index in [0.29, 0.717) is 18.8 Å². The molecule has 1 heterocycles. The van der Waals surface area contributed by atoms with Crippen molar-refractivity contribution in [3.05, 3.63) is 65.7 Å². The second kappa shape index (κ2) is 7.78. The second-order valence-electron chi connectivity index (χ2n) is 8.33. The van der Waals surface area contributed by atoms with Crippen molar-refractivity contribution >= 4 is 17.5 Å². The van der Waals surface area contributed by atoms with Gasteiger partial charge in [0.25, 0.3) is 0 Å². The van der Waals surface area contributed by atoms with E-state index in [2.05, 4.69) is 29.6 Å². The summed E-state index contributed by atoms with van der Waals surface area (Å²) in [5.41, 5.74) is 2.39. The van der Waals surface area contributed by atoms with E-state index in [1.165, 1.54) is 5.56 Å². The van der Waals surface area contributed by atoms with Crippen LogP contribution in [0.25, 0.3) is 0 Å². The molecular weight excluding hydrogens is 348 g/mol. The van der Waals surface area contributed by atoms with E-state index >= 15 is 0 Å². The van der Waals surface area contributed by atoms with Gasteiger partial charge in [-0.1, -0.05) is 42.5 Å². The average molecular weight is 377 g/mol. The fourth-order valence-electron chi connectivity index (χ4n) is 4.23. The smallest absolute Gasteiger partial charge is 0.240 e. The lowest BCUT2D eigenvalue weighted by Crippen LogP contribution is -2.46. The van der Waals surface area contributed by atoms with E-state index in [1.54, 1.807) is 0 Å². The van der Waals surface area contributed by atoms with Gasteiger partial charge < -0.3 is 10.2 Å². The number of hydrogen-bond acceptors (Lipinski definition) is 2. The van der Waals surface area contributed by atoms with Crippen molar-refractivity contribution in [2.75, 3.05) is 18.4 Å². The number of nitrogens with zero attached hydrogens (tertiary/aromatic N) is 1. The number of carbonyl (C=O) groups excluding carboxylic acids is 2. The molecule has 0 bridgehead atoms. The molecule has 4 heteroatoms. The molecule has 1 saturated heterocycles. The minimum absolute atomic E-state index is 0.0239. The Labute approximate surface area is 166 Å². The molecule has 4 rings (SSSR count). The van der Waals surface area contributed by atoms with E-state index in [4.69, 9.17) is 0 Å². The highest BCUT2D eigenvalue weighted by molar-refractivity contribution is 6.13. The first kappa shape index (κ1) is 18.7. The number of aryl methyl sites for hydroxylation is 1. The molecule has 2 fully saturated rings. The predicted octanol–water partition coefficient (Wildman–Crippen LogP) is 4.20. The van der Waals surface area contributed by atoms with Crippen LogP contribution in [-0.2, 0) is 16.0 Å². The maximum Gasteiger partial charge on any atom is 0.240 e. The van der Waals surface area contributed by atoms with Crippen LogP contribution in [0.3, 0.4) is 0 Å². The lowest BCUT2D eigenvalue weighted by atomic mass is 9.89. The fourth-order valence-corrected chi connectivity index (χ4v) is 4.23. The number of amides is 2. The number of hydrogen-bond donors (Lipinski definition) is 1. The Morgan fingerprint density at radius 3 is 2.39 bits per heavy atom. The average Bonchev–Trinajstić information content (AvgIpc) is 3.51. The standard InChI is InChI=1S/C24H28N2O2/c1-18-6-5-9-21(16-18)25-22(27)24(12-13-24)23(28)26-14-10-20(11-15-26)17-19-7-3-2-4-8-19/h2-9,16,20H,10-15,17H2,1H3,(H,25,27). The topological polar surface area (TPSA) is 49.4 Å². The molecule has 0 atom stereocenters. The molecule has 2 aromatic rings. The van der Waals surface area contributed by atoms with Crippen LogP contribution in [0.4, 0.5) is 5.69 Å². The largest absolute Gasteiger partial charge is 0.342 e. The Kier molecular flexibility index (Phi) is 5.21. The molecule has 1 aliphatic carbocycles. The molecule has 1 N–H and O–H groups in total. The summed E-state index contributed by atoms with van der Waals surface area (Å²) >= 11 is 0. The molecule has 1 saturated carbocycles. The number of rotatable bonds is 5. The zero-order chi connectivity index (χ0) is 19.6. The summed E-state index contributed by atoms with van der Waals surface area (Å²) in [5.74, 6) is 0.494. The maximum atomic E-state index is 13.1. The third kappa shape index (κ3) is 3.96. The number of anilines is 1. The van der Waals surface area contributed by atoms with Gasteiger partial charge in [0, 0.05) is 18.8 Å². The minimum Gasteiger partial charge on any atom is -0.342 e. The Balaban J connectivity index is 1.33. The number of carbonyl (C=O) groups is 2. The molecule has 0 radical (unpaired) electrons. The highest BCUT2D eigenvalue weighted by Crippen LogP contribution is 2.48. The van der Waals surface area contributed by atoms with Gasteiger partial charge in [-0.15, -0.1) is 0 Å². The molecule has 1 aliphatic heterocycles. The second-order valence-corrected chi connectivity index (χ2v) is 8.33. The zero-order valence-corrected chi connectivity index (χ0v) is 16.5. The molecule has 4 nitrogen and oxygen atoms in total. The van der Waals surface area contributed by atoms with E-state index in [0.717, 1.165) is 43.6 Å². The van der Waals surface area contributed by atoms with E-state index in [-0.39, 0.29) is 11.8 Å². The SMILES string of the molecule is Cc1cccc(NC(=O)C2(C(=O)N3CCC(Cc4ccccc4)CC3)CC2)c1. The van der Waals surface area contributed by atoms with Crippen LogP contribution in [0.5, 0.6) is 0 Å². The van der Waals surface area contributed by atoms with Crippen LogP contribution < -0.4 is 5.32 Å². The summed E-state index contributed by atoms with van der Waals surface area (Å²) < 4.78 is 0. The molecule has 2 aromatic carbocycles. The monoisotopic (exact) mass is 376 g/mol. The number of nitrogens with one attached hydrogen (secondary N) is 1. The van der Waals surface area contributed by atoms with Gasteiger partial charge in [0.15, 0.2) is 0 Å². The lowest BCUT2D eigenvalue weighted by Gasteiger charge is -2.34. The van der Waals surface area contributed by atoms with Crippen molar-refractivity contribution in [3.8, 4) is 0 Å². The van der Waals surface area contributed by atoms with Gasteiger partial charge in [-0.3, -0.25) is 9.59 Å². The van der Waals surface area contributed by atoms with Crippen LogP contribution in [0.2, 0.25) is 0 Å². The summed E-state index contributed by atoms with van der Waals surface area (Å²) in [6.07, 6.45) is 4.41. The third-order valence-electron chi connectivity index (χ3n) is 6.14. The number of likely N-dealkylation sites (tertiary alicyclic amines) is 1. The van der Waals surface area contributed by atoms with Crippen molar-refractivity contribution in [2.45, 2.75) is 39.0 Å². The third-order valence-corrected chi connectivity index (χ3v) is 6.14. The van der Waals surface area contributed by atoms with Crippen molar-refractivity contribution in [1.82, 2.24) is 4.90 Å². The Bertz CT molecular complexity index is 850. The van der Waals surface area contributed by atoms with Crippen molar-refractivity contribution in [3.63, 3.8) is 0 Å². The van der Waals surface area contributed by atoms with Gasteiger partial charge in [-0.2, -0.15) is 0 Å². The summed E-state index contributed by atoms with van der Waals surface area (Å²) in [7, 11) is 0. The Morgan fingerprint density at radius 2 is 1.75 bits per heavy atom. The normalized spacial score (nSPS) is 18.5. The van der Waals surface area contributed by atoms with Crippen LogP contribution >= 0.6 is 0 Å². The van der Waals surface area contributed by atoms with Crippen LogP contribution in [0.15, 0.2) is 54.6 Å². The maximum absolute atomic E-state index is 13.1. The molecule has 146 valence electrons. The lowest BCUT2D eigenvalue weighted by molar-refractivity contribution is -0.143. The van der Waals surface area contributed by atoms with Crippen LogP contribution in [-0.4, -0.2) is 29.8 Å². The van der Waals surface area contributed by atoms with Gasteiger partial charge in [0.2, 0.25) is 11.8 Å². The minimum atomic E-state index is -0.837. The van der Waals surface area contributed by atoms with Gasteiger partial charge in [-0.25, -0.2) is 0 Å². The first-order valence-electron chi connectivity index (χ1n) is 10.3. The fraction of sp³-hybridized carbons (Fsp3) is 0.417. The summed E-state index contributed by atoms with van der Waals surface area (Å²) in [5, 5.41) is 2.96. The first-order valence-corrected chi connectivity index (χ1v) is 10.3. The molecule has 2 amide bonds. The van der Waals surface area contributed by atoms with Crippen LogP contribution in [0.1, 0.15) is 36.8 Å². The molecule has 2 aliphatic rings. The van der Waals surface area contributed by atoms with E-state index < -0.39 is 5.41 Å². The van der Waals surface area contributed by atoms with Gasteiger partial charge in [-0.05, 0) is 68.2 Å². The van der Waals surface area contributed by atoms with Gasteiger partial charge >= 0.3 is 0 Å². The van der Waals surface area contributed by atoms with Gasteiger partial charge in [0.1, 0.15) is 5.41 Å².